The molecular formula is C18H13ClN2O4. The van der Waals surface area contributed by atoms with Gasteiger partial charge in [-0.2, -0.15) is 0 Å². The molecule has 4 rings (SSSR count). The molecule has 2 aromatic rings. The van der Waals surface area contributed by atoms with Gasteiger partial charge in [-0.25, -0.2) is 4.79 Å². The van der Waals surface area contributed by atoms with Gasteiger partial charge < -0.3 is 14.8 Å². The third-order valence-corrected chi connectivity index (χ3v) is 4.18. The monoisotopic (exact) mass is 356 g/mol. The van der Waals surface area contributed by atoms with Gasteiger partial charge in [-0.1, -0.05) is 29.8 Å². The summed E-state index contributed by atoms with van der Waals surface area (Å²) >= 11 is 5.85. The first-order valence-electron chi connectivity index (χ1n) is 7.59. The zero-order chi connectivity index (χ0) is 17.4. The molecule has 126 valence electrons. The van der Waals surface area contributed by atoms with E-state index in [2.05, 4.69) is 5.32 Å². The van der Waals surface area contributed by atoms with Gasteiger partial charge in [0, 0.05) is 5.02 Å². The van der Waals surface area contributed by atoms with Crippen LogP contribution in [0.5, 0.6) is 11.5 Å². The predicted octanol–water partition coefficient (Wildman–Crippen LogP) is 3.16. The van der Waals surface area contributed by atoms with Crippen LogP contribution < -0.4 is 14.8 Å². The van der Waals surface area contributed by atoms with E-state index in [0.717, 1.165) is 16.0 Å². The Labute approximate surface area is 148 Å². The Kier molecular flexibility index (Phi) is 3.82. The van der Waals surface area contributed by atoms with Crippen LogP contribution in [0.15, 0.2) is 48.2 Å². The maximum absolute atomic E-state index is 12.5. The number of benzene rings is 2. The third-order valence-electron chi connectivity index (χ3n) is 3.92. The summed E-state index contributed by atoms with van der Waals surface area (Å²) in [5, 5.41) is 3.20. The van der Waals surface area contributed by atoms with Crippen LogP contribution in [0.1, 0.15) is 11.1 Å². The van der Waals surface area contributed by atoms with Crippen LogP contribution in [0.2, 0.25) is 5.02 Å². The van der Waals surface area contributed by atoms with Crippen molar-refractivity contribution in [2.75, 3.05) is 6.79 Å². The Hall–Kier alpha value is -2.99. The summed E-state index contributed by atoms with van der Waals surface area (Å²) < 4.78 is 10.6. The first-order chi connectivity index (χ1) is 12.1. The molecule has 25 heavy (non-hydrogen) atoms. The van der Waals surface area contributed by atoms with E-state index in [1.807, 2.05) is 0 Å². The van der Waals surface area contributed by atoms with Gasteiger partial charge in [-0.3, -0.25) is 9.69 Å². The second kappa shape index (κ2) is 6.14. The van der Waals surface area contributed by atoms with E-state index in [9.17, 15) is 9.59 Å². The first-order valence-corrected chi connectivity index (χ1v) is 7.96. The number of urea groups is 1. The van der Waals surface area contributed by atoms with E-state index >= 15 is 0 Å². The van der Waals surface area contributed by atoms with Crippen molar-refractivity contribution in [3.05, 3.63) is 64.3 Å². The van der Waals surface area contributed by atoms with Crippen molar-refractivity contribution >= 4 is 29.6 Å². The van der Waals surface area contributed by atoms with Crippen LogP contribution in [0, 0.1) is 0 Å². The Morgan fingerprint density at radius 3 is 2.64 bits per heavy atom. The van der Waals surface area contributed by atoms with Crippen LogP contribution in [-0.4, -0.2) is 23.6 Å². The number of nitrogens with zero attached hydrogens (tertiary/aromatic N) is 1. The van der Waals surface area contributed by atoms with Gasteiger partial charge in [-0.05, 0) is 41.5 Å². The maximum Gasteiger partial charge on any atom is 0.329 e. The Bertz CT molecular complexity index is 892. The minimum atomic E-state index is -0.452. The van der Waals surface area contributed by atoms with Gasteiger partial charge >= 0.3 is 6.03 Å². The molecule has 0 aromatic heterocycles. The zero-order valence-corrected chi connectivity index (χ0v) is 13.7. The zero-order valence-electron chi connectivity index (χ0n) is 13.0. The molecule has 0 radical (unpaired) electrons. The van der Waals surface area contributed by atoms with Crippen LogP contribution >= 0.6 is 11.6 Å². The van der Waals surface area contributed by atoms with E-state index < -0.39 is 6.03 Å². The molecule has 3 amide bonds. The molecule has 0 atom stereocenters. The van der Waals surface area contributed by atoms with Gasteiger partial charge in [0.15, 0.2) is 11.5 Å². The highest BCUT2D eigenvalue weighted by Crippen LogP contribution is 2.33. The summed E-state index contributed by atoms with van der Waals surface area (Å²) in [4.78, 5) is 25.8. The lowest BCUT2D eigenvalue weighted by atomic mass is 10.1. The topological polar surface area (TPSA) is 67.9 Å². The fourth-order valence-electron chi connectivity index (χ4n) is 2.66. The fraction of sp³-hybridized carbons (Fsp3) is 0.111. The average Bonchev–Trinajstić information content (AvgIpc) is 3.16. The van der Waals surface area contributed by atoms with E-state index in [-0.39, 0.29) is 24.9 Å². The van der Waals surface area contributed by atoms with Crippen molar-refractivity contribution in [3.63, 3.8) is 0 Å². The van der Waals surface area contributed by atoms with Crippen molar-refractivity contribution in [3.8, 4) is 11.5 Å². The number of ether oxygens (including phenoxy) is 2. The smallest absolute Gasteiger partial charge is 0.329 e. The Balaban J connectivity index is 1.55. The molecule has 1 saturated heterocycles. The normalized spacial score (nSPS) is 17.3. The van der Waals surface area contributed by atoms with Crippen LogP contribution in [0.3, 0.4) is 0 Å². The van der Waals surface area contributed by atoms with Gasteiger partial charge in [-0.15, -0.1) is 0 Å². The molecule has 0 aliphatic carbocycles. The molecule has 1 fully saturated rings. The number of rotatable bonds is 3. The number of hydrogen-bond donors (Lipinski definition) is 1. The van der Waals surface area contributed by atoms with E-state index in [1.165, 1.54) is 0 Å². The highest BCUT2D eigenvalue weighted by atomic mass is 35.5. The third kappa shape index (κ3) is 3.04. The molecule has 2 heterocycles. The van der Waals surface area contributed by atoms with Gasteiger partial charge in [0.05, 0.1) is 6.54 Å². The molecule has 0 unspecified atom stereocenters. The van der Waals surface area contributed by atoms with Gasteiger partial charge in [0.2, 0.25) is 6.79 Å². The van der Waals surface area contributed by atoms with Gasteiger partial charge in [0.1, 0.15) is 5.70 Å². The highest BCUT2D eigenvalue weighted by molar-refractivity contribution is 6.30. The van der Waals surface area contributed by atoms with E-state index in [1.54, 1.807) is 48.5 Å². The van der Waals surface area contributed by atoms with Crippen molar-refractivity contribution in [1.82, 2.24) is 10.2 Å². The minimum absolute atomic E-state index is 0.180. The summed E-state index contributed by atoms with van der Waals surface area (Å²) in [6.07, 6.45) is 1.62. The number of nitrogens with one attached hydrogen (secondary N) is 1. The number of hydrogen-bond acceptors (Lipinski definition) is 4. The number of fused-ring (bicyclic) bond motifs is 1. The second-order valence-electron chi connectivity index (χ2n) is 5.62. The number of halogens is 1. The van der Waals surface area contributed by atoms with Crippen LogP contribution in [0.4, 0.5) is 4.79 Å². The lowest BCUT2D eigenvalue weighted by Gasteiger charge is -2.11. The van der Waals surface area contributed by atoms with Crippen LogP contribution in [0.25, 0.3) is 6.08 Å². The Morgan fingerprint density at radius 1 is 1.08 bits per heavy atom. The maximum atomic E-state index is 12.5. The van der Waals surface area contributed by atoms with Crippen molar-refractivity contribution in [1.29, 1.82) is 0 Å². The number of carbonyl (C=O) groups excluding carboxylic acids is 2. The standard InChI is InChI=1S/C18H13ClN2O4/c19-13-4-1-11(2-5-13)9-21-17(22)14(20-18(21)23)7-12-3-6-15-16(8-12)25-10-24-15/h1-8H,9-10H2,(H,20,23)/b14-7-. The molecule has 2 aromatic carbocycles. The largest absolute Gasteiger partial charge is 0.454 e. The van der Waals surface area contributed by atoms with Crippen molar-refractivity contribution < 1.29 is 19.1 Å². The lowest BCUT2D eigenvalue weighted by molar-refractivity contribution is -0.123. The fourth-order valence-corrected chi connectivity index (χ4v) is 2.78. The van der Waals surface area contributed by atoms with Crippen molar-refractivity contribution in [2.24, 2.45) is 0 Å². The molecule has 7 heteroatoms. The molecule has 0 saturated carbocycles. The molecule has 0 bridgehead atoms. The summed E-state index contributed by atoms with van der Waals surface area (Å²) in [7, 11) is 0. The summed E-state index contributed by atoms with van der Waals surface area (Å²) in [5.41, 5.74) is 1.77. The van der Waals surface area contributed by atoms with E-state index in [0.29, 0.717) is 16.5 Å². The molecule has 0 spiro atoms. The number of carbonyl (C=O) groups is 2. The predicted molar refractivity (Wildman–Crippen MR) is 91.1 cm³/mol. The molecule has 2 aliphatic heterocycles. The number of amides is 3. The number of imide groups is 1. The van der Waals surface area contributed by atoms with Crippen molar-refractivity contribution in [2.45, 2.75) is 6.54 Å². The summed E-state index contributed by atoms with van der Waals surface area (Å²) in [6.45, 7) is 0.361. The SMILES string of the molecule is O=C1N/C(=C\c2ccc3c(c2)OCO3)C(=O)N1Cc1ccc(Cl)cc1. The minimum Gasteiger partial charge on any atom is -0.454 e. The lowest BCUT2D eigenvalue weighted by Crippen LogP contribution is -2.30. The second-order valence-corrected chi connectivity index (χ2v) is 6.06. The van der Waals surface area contributed by atoms with Gasteiger partial charge in [0.25, 0.3) is 5.91 Å². The summed E-state index contributed by atoms with van der Waals surface area (Å²) in [5.74, 6) is 0.898. The molecule has 1 N–H and O–H groups in total. The van der Waals surface area contributed by atoms with E-state index in [4.69, 9.17) is 21.1 Å². The first kappa shape index (κ1) is 15.5. The molecule has 6 nitrogen and oxygen atoms in total. The highest BCUT2D eigenvalue weighted by Gasteiger charge is 2.33. The Morgan fingerprint density at radius 2 is 1.84 bits per heavy atom. The average molecular weight is 357 g/mol. The summed E-state index contributed by atoms with van der Waals surface area (Å²) in [6, 6.07) is 11.9. The van der Waals surface area contributed by atoms with Crippen LogP contribution in [-0.2, 0) is 11.3 Å². The molecular weight excluding hydrogens is 344 g/mol. The molecule has 2 aliphatic rings. The quantitative estimate of drug-likeness (QED) is 0.677.